The summed E-state index contributed by atoms with van der Waals surface area (Å²) in [4.78, 5) is 11.1. The van der Waals surface area contributed by atoms with Gasteiger partial charge in [-0.25, -0.2) is 0 Å². The van der Waals surface area contributed by atoms with Gasteiger partial charge in [-0.15, -0.1) is 0 Å². The molecule has 0 radical (unpaired) electrons. The number of ketones is 1. The van der Waals surface area contributed by atoms with Crippen LogP contribution in [0.2, 0.25) is 0 Å². The van der Waals surface area contributed by atoms with Crippen LogP contribution in [-0.2, 0) is 11.2 Å². The van der Waals surface area contributed by atoms with Crippen LogP contribution >= 0.6 is 0 Å². The Labute approximate surface area is 173 Å². The molecule has 1 saturated carbocycles. The van der Waals surface area contributed by atoms with Gasteiger partial charge in [-0.1, -0.05) is 54.6 Å². The van der Waals surface area contributed by atoms with Crippen LogP contribution in [0.25, 0.3) is 0 Å². The van der Waals surface area contributed by atoms with Crippen molar-refractivity contribution >= 4 is 5.78 Å². The molecule has 0 heterocycles. The summed E-state index contributed by atoms with van der Waals surface area (Å²) < 4.78 is 0. The van der Waals surface area contributed by atoms with E-state index in [0.717, 1.165) is 12.8 Å². The van der Waals surface area contributed by atoms with E-state index in [1.165, 1.54) is 5.56 Å². The fourth-order valence-corrected chi connectivity index (χ4v) is 3.89. The van der Waals surface area contributed by atoms with Crippen molar-refractivity contribution in [2.45, 2.75) is 63.3 Å². The Balaban J connectivity index is 1.80. The molecule has 5 atom stereocenters. The van der Waals surface area contributed by atoms with Crippen molar-refractivity contribution in [3.05, 3.63) is 60.2 Å². The van der Waals surface area contributed by atoms with Gasteiger partial charge in [-0.05, 0) is 43.6 Å². The van der Waals surface area contributed by atoms with Gasteiger partial charge in [-0.3, -0.25) is 4.79 Å². The second kappa shape index (κ2) is 12.7. The van der Waals surface area contributed by atoms with Gasteiger partial charge in [0.2, 0.25) is 0 Å². The number of unbranched alkanes of at least 4 members (excludes halogenated alkanes) is 1. The molecular weight excluding hydrogens is 368 g/mol. The van der Waals surface area contributed by atoms with E-state index in [9.17, 15) is 20.1 Å². The number of Topliss-reactive ketones (excluding diaryl/α,β-unsaturated/α-hetero) is 1. The summed E-state index contributed by atoms with van der Waals surface area (Å²) in [6.45, 7) is -0.402. The van der Waals surface area contributed by atoms with Crippen LogP contribution < -0.4 is 0 Å². The Bertz CT molecular complexity index is 654. The molecule has 1 fully saturated rings. The number of aryl methyl sites for hydroxylation is 1. The van der Waals surface area contributed by atoms with Crippen molar-refractivity contribution in [3.63, 3.8) is 0 Å². The predicted octanol–water partition coefficient (Wildman–Crippen LogP) is 2.57. The Kier molecular flexibility index (Phi) is 10.3. The van der Waals surface area contributed by atoms with Gasteiger partial charge in [0.25, 0.3) is 0 Å². The van der Waals surface area contributed by atoms with Gasteiger partial charge in [0.15, 0.2) is 5.78 Å². The van der Waals surface area contributed by atoms with Gasteiger partial charge >= 0.3 is 0 Å². The van der Waals surface area contributed by atoms with Gasteiger partial charge in [0.05, 0.1) is 18.3 Å². The molecule has 1 unspecified atom stereocenters. The zero-order valence-corrected chi connectivity index (χ0v) is 16.9. The lowest BCUT2D eigenvalue weighted by Crippen LogP contribution is -2.20. The number of aliphatic hydroxyl groups excluding tert-OH is 4. The van der Waals surface area contributed by atoms with Crippen molar-refractivity contribution in [2.75, 3.05) is 6.61 Å². The molecular formula is C24H34O5. The van der Waals surface area contributed by atoms with Gasteiger partial charge < -0.3 is 20.4 Å². The molecule has 0 bridgehead atoms. The largest absolute Gasteiger partial charge is 0.393 e. The molecule has 5 heteroatoms. The third-order valence-corrected chi connectivity index (χ3v) is 5.62. The molecule has 0 aromatic heterocycles. The van der Waals surface area contributed by atoms with Crippen LogP contribution in [0, 0.1) is 11.8 Å². The van der Waals surface area contributed by atoms with Crippen molar-refractivity contribution in [3.8, 4) is 0 Å². The molecule has 1 aliphatic rings. The number of hydrogen-bond donors (Lipinski definition) is 4. The van der Waals surface area contributed by atoms with Crippen LogP contribution in [0.5, 0.6) is 0 Å². The van der Waals surface area contributed by atoms with Gasteiger partial charge in [0, 0.05) is 18.8 Å². The monoisotopic (exact) mass is 402 g/mol. The van der Waals surface area contributed by atoms with Crippen LogP contribution in [-0.4, -0.2) is 51.1 Å². The molecule has 4 N–H and O–H groups in total. The summed E-state index contributed by atoms with van der Waals surface area (Å²) in [5.74, 6) is -0.418. The Morgan fingerprint density at radius 3 is 2.62 bits per heavy atom. The van der Waals surface area contributed by atoms with Crippen LogP contribution in [0.1, 0.15) is 44.1 Å². The first-order valence-electron chi connectivity index (χ1n) is 10.5. The summed E-state index contributed by atoms with van der Waals surface area (Å²) in [6, 6.07) is 10.0. The lowest BCUT2D eigenvalue weighted by atomic mass is 9.89. The minimum absolute atomic E-state index is 0.0853. The molecule has 0 amide bonds. The molecule has 0 spiro atoms. The summed E-state index contributed by atoms with van der Waals surface area (Å²) in [7, 11) is 0. The maximum atomic E-state index is 11.1. The zero-order valence-electron chi connectivity index (χ0n) is 16.9. The number of aliphatic hydroxyl groups is 4. The maximum Gasteiger partial charge on any atom is 0.158 e. The minimum atomic E-state index is -0.608. The smallest absolute Gasteiger partial charge is 0.158 e. The van der Waals surface area contributed by atoms with E-state index < -0.39 is 24.9 Å². The zero-order chi connectivity index (χ0) is 21.1. The number of benzene rings is 1. The Hall–Kier alpha value is -1.79. The SMILES string of the molecule is O=C(CO)CCCC=CC[C@@H]1[C@@H](C=CC(O)CCc2ccccc2)[C@H](O)C[C@@H]1O. The normalized spacial score (nSPS) is 25.8. The molecule has 160 valence electrons. The molecule has 1 aromatic rings. The fraction of sp³-hybridized carbons (Fsp3) is 0.542. The summed E-state index contributed by atoms with van der Waals surface area (Å²) in [6.07, 6.45) is 10.0. The molecule has 5 nitrogen and oxygen atoms in total. The molecule has 0 aliphatic heterocycles. The third kappa shape index (κ3) is 8.23. The molecule has 2 rings (SSSR count). The highest BCUT2D eigenvalue weighted by Gasteiger charge is 2.39. The predicted molar refractivity (Wildman–Crippen MR) is 113 cm³/mol. The summed E-state index contributed by atoms with van der Waals surface area (Å²) in [5.41, 5.74) is 1.18. The number of carbonyl (C=O) groups is 1. The average Bonchev–Trinajstić information content (AvgIpc) is 3.00. The van der Waals surface area contributed by atoms with E-state index in [4.69, 9.17) is 5.11 Å². The van der Waals surface area contributed by atoms with Crippen molar-refractivity contribution in [1.29, 1.82) is 0 Å². The highest BCUT2D eigenvalue weighted by molar-refractivity contribution is 5.79. The highest BCUT2D eigenvalue weighted by Crippen LogP contribution is 2.36. The number of carbonyl (C=O) groups excluding carboxylic acids is 1. The highest BCUT2D eigenvalue weighted by atomic mass is 16.3. The summed E-state index contributed by atoms with van der Waals surface area (Å²) in [5, 5.41) is 39.6. The van der Waals surface area contributed by atoms with E-state index in [2.05, 4.69) is 0 Å². The molecule has 1 aliphatic carbocycles. The third-order valence-electron chi connectivity index (χ3n) is 5.62. The van der Waals surface area contributed by atoms with Gasteiger partial charge in [-0.2, -0.15) is 0 Å². The molecule has 29 heavy (non-hydrogen) atoms. The van der Waals surface area contributed by atoms with Crippen LogP contribution in [0.4, 0.5) is 0 Å². The Morgan fingerprint density at radius 2 is 1.90 bits per heavy atom. The van der Waals surface area contributed by atoms with E-state index >= 15 is 0 Å². The second-order valence-corrected chi connectivity index (χ2v) is 7.88. The lowest BCUT2D eigenvalue weighted by Gasteiger charge is -2.19. The van der Waals surface area contributed by atoms with Crippen LogP contribution in [0.15, 0.2) is 54.6 Å². The fourth-order valence-electron chi connectivity index (χ4n) is 3.89. The second-order valence-electron chi connectivity index (χ2n) is 7.88. The quantitative estimate of drug-likeness (QED) is 0.318. The number of allylic oxidation sites excluding steroid dienone is 2. The van der Waals surface area contributed by atoms with Crippen molar-refractivity contribution in [1.82, 2.24) is 0 Å². The maximum absolute atomic E-state index is 11.1. The van der Waals surface area contributed by atoms with Crippen molar-refractivity contribution < 1.29 is 25.2 Å². The number of rotatable bonds is 12. The first-order valence-corrected chi connectivity index (χ1v) is 10.5. The Morgan fingerprint density at radius 1 is 1.14 bits per heavy atom. The lowest BCUT2D eigenvalue weighted by molar-refractivity contribution is -0.121. The van der Waals surface area contributed by atoms with E-state index in [0.29, 0.717) is 32.1 Å². The molecule has 1 aromatic carbocycles. The van der Waals surface area contributed by atoms with E-state index in [-0.39, 0.29) is 17.6 Å². The van der Waals surface area contributed by atoms with Gasteiger partial charge in [0.1, 0.15) is 6.61 Å². The molecule has 0 saturated heterocycles. The number of hydrogen-bond acceptors (Lipinski definition) is 5. The van der Waals surface area contributed by atoms with E-state index in [1.807, 2.05) is 48.6 Å². The average molecular weight is 403 g/mol. The minimum Gasteiger partial charge on any atom is -0.393 e. The van der Waals surface area contributed by atoms with Crippen molar-refractivity contribution in [2.24, 2.45) is 11.8 Å². The summed E-state index contributed by atoms with van der Waals surface area (Å²) >= 11 is 0. The topological polar surface area (TPSA) is 98.0 Å². The first kappa shape index (κ1) is 23.5. The van der Waals surface area contributed by atoms with Crippen LogP contribution in [0.3, 0.4) is 0 Å². The first-order chi connectivity index (χ1) is 14.0. The standard InChI is InChI=1S/C24H34O5/c25-17-20(27)10-6-1-2-7-11-21-22(24(29)16-23(21)28)15-14-19(26)13-12-18-8-4-3-5-9-18/h2-5,7-9,14-15,19,21-26,28-29H,1,6,10-13,16-17H2/t19?,21-,22-,23+,24-/m1/s1. The van der Waals surface area contributed by atoms with E-state index in [1.54, 1.807) is 6.08 Å².